The van der Waals surface area contributed by atoms with E-state index < -0.39 is 4.87 Å². The molecule has 138 valence electrons. The number of fused-ring (bicyclic) bond motifs is 2. The lowest BCUT2D eigenvalue weighted by Crippen LogP contribution is -2.50. The molecule has 0 radical (unpaired) electrons. The first kappa shape index (κ1) is 17.8. The number of thioether (sulfide) groups is 1. The molecule has 27 heavy (non-hydrogen) atoms. The van der Waals surface area contributed by atoms with Crippen LogP contribution in [0, 0.1) is 0 Å². The number of imide groups is 1. The average molecular weight is 380 g/mol. The van der Waals surface area contributed by atoms with Gasteiger partial charge in [0.05, 0.1) is 11.4 Å². The van der Waals surface area contributed by atoms with Gasteiger partial charge in [-0.1, -0.05) is 44.2 Å². The fourth-order valence-electron chi connectivity index (χ4n) is 3.77. The topological polar surface area (TPSA) is 57.7 Å². The standard InChI is InChI=1S/C21H20N2O3S/c1-3-14-9-11-15(12-10-14)23-19(25)13-27-21(23)16-7-5-6-8-17(16)22(20(21)26)18(24)4-2/h5-12H,3-4,13H2,1-2H3. The number of aryl methyl sites for hydroxylation is 1. The predicted octanol–water partition coefficient (Wildman–Crippen LogP) is 3.47. The summed E-state index contributed by atoms with van der Waals surface area (Å²) < 4.78 is 0. The lowest BCUT2D eigenvalue weighted by molar-refractivity contribution is -0.128. The highest BCUT2D eigenvalue weighted by Gasteiger charge is 2.61. The van der Waals surface area contributed by atoms with Crippen LogP contribution >= 0.6 is 11.8 Å². The van der Waals surface area contributed by atoms with E-state index in [1.165, 1.54) is 16.7 Å². The summed E-state index contributed by atoms with van der Waals surface area (Å²) in [5.41, 5.74) is 3.11. The van der Waals surface area contributed by atoms with Gasteiger partial charge in [-0.3, -0.25) is 19.3 Å². The molecule has 1 saturated heterocycles. The van der Waals surface area contributed by atoms with Crippen LogP contribution in [0.2, 0.25) is 0 Å². The molecule has 2 aromatic carbocycles. The summed E-state index contributed by atoms with van der Waals surface area (Å²) in [6.45, 7) is 3.80. The van der Waals surface area contributed by atoms with Crippen molar-refractivity contribution >= 4 is 40.9 Å². The summed E-state index contributed by atoms with van der Waals surface area (Å²) in [6, 6.07) is 15.0. The third-order valence-corrected chi connectivity index (χ3v) is 6.51. The highest BCUT2D eigenvalue weighted by molar-refractivity contribution is 8.02. The lowest BCUT2D eigenvalue weighted by Gasteiger charge is -2.33. The predicted molar refractivity (Wildman–Crippen MR) is 107 cm³/mol. The van der Waals surface area contributed by atoms with Crippen molar-refractivity contribution in [2.45, 2.75) is 31.6 Å². The van der Waals surface area contributed by atoms with E-state index in [-0.39, 0.29) is 29.9 Å². The largest absolute Gasteiger partial charge is 0.283 e. The molecule has 1 atom stereocenters. The molecule has 1 fully saturated rings. The fourth-order valence-corrected chi connectivity index (χ4v) is 5.11. The van der Waals surface area contributed by atoms with Crippen LogP contribution in [0.1, 0.15) is 31.4 Å². The highest BCUT2D eigenvalue weighted by Crippen LogP contribution is 2.55. The summed E-state index contributed by atoms with van der Waals surface area (Å²) in [6.07, 6.45) is 1.12. The summed E-state index contributed by atoms with van der Waals surface area (Å²) in [4.78, 5) is 40.5. The minimum absolute atomic E-state index is 0.127. The molecule has 0 aliphatic carbocycles. The first-order chi connectivity index (χ1) is 13.0. The summed E-state index contributed by atoms with van der Waals surface area (Å²) >= 11 is 1.29. The van der Waals surface area contributed by atoms with Crippen LogP contribution in [0.25, 0.3) is 0 Å². The average Bonchev–Trinajstić information content (AvgIpc) is 3.17. The van der Waals surface area contributed by atoms with Crippen LogP contribution in [0.5, 0.6) is 0 Å². The Morgan fingerprint density at radius 1 is 1.07 bits per heavy atom. The Morgan fingerprint density at radius 3 is 2.44 bits per heavy atom. The maximum absolute atomic E-state index is 13.5. The SMILES string of the molecule is CCC(=O)N1C(=O)C2(SCC(=O)N2c2ccc(CC)cc2)c2ccccc21. The second-order valence-corrected chi connectivity index (χ2v) is 7.76. The zero-order valence-electron chi connectivity index (χ0n) is 15.3. The molecule has 0 aromatic heterocycles. The molecular formula is C21H20N2O3S. The van der Waals surface area contributed by atoms with E-state index in [1.807, 2.05) is 42.5 Å². The molecule has 4 rings (SSSR count). The van der Waals surface area contributed by atoms with Gasteiger partial charge in [0.15, 0.2) is 0 Å². The van der Waals surface area contributed by atoms with Gasteiger partial charge in [-0.25, -0.2) is 4.90 Å². The Labute approximate surface area is 162 Å². The maximum atomic E-state index is 13.5. The van der Waals surface area contributed by atoms with Gasteiger partial charge in [0, 0.05) is 17.7 Å². The zero-order valence-corrected chi connectivity index (χ0v) is 16.1. The molecule has 1 spiro atoms. The van der Waals surface area contributed by atoms with Gasteiger partial charge >= 0.3 is 0 Å². The number of nitrogens with zero attached hydrogens (tertiary/aromatic N) is 2. The molecule has 0 saturated carbocycles. The molecule has 2 heterocycles. The number of amides is 3. The van der Waals surface area contributed by atoms with Crippen LogP contribution in [0.3, 0.4) is 0 Å². The van der Waals surface area contributed by atoms with E-state index in [1.54, 1.807) is 17.9 Å². The zero-order chi connectivity index (χ0) is 19.2. The minimum Gasteiger partial charge on any atom is -0.283 e. The first-order valence-electron chi connectivity index (χ1n) is 9.07. The van der Waals surface area contributed by atoms with Gasteiger partial charge in [0.1, 0.15) is 0 Å². The maximum Gasteiger partial charge on any atom is 0.275 e. The number of carbonyl (C=O) groups is 3. The molecule has 2 aliphatic rings. The molecule has 2 aliphatic heterocycles. The van der Waals surface area contributed by atoms with E-state index in [4.69, 9.17) is 0 Å². The minimum atomic E-state index is -1.22. The van der Waals surface area contributed by atoms with Crippen LogP contribution in [-0.4, -0.2) is 23.5 Å². The number of benzene rings is 2. The van der Waals surface area contributed by atoms with Gasteiger partial charge in [-0.05, 0) is 30.2 Å². The van der Waals surface area contributed by atoms with E-state index in [0.717, 1.165) is 12.0 Å². The summed E-state index contributed by atoms with van der Waals surface area (Å²) in [5.74, 6) is -0.543. The van der Waals surface area contributed by atoms with Crippen molar-refractivity contribution < 1.29 is 14.4 Å². The molecule has 0 bridgehead atoms. The number of anilines is 2. The Hall–Kier alpha value is -2.60. The monoisotopic (exact) mass is 380 g/mol. The Morgan fingerprint density at radius 2 is 1.78 bits per heavy atom. The lowest BCUT2D eigenvalue weighted by atomic mass is 10.0. The molecule has 5 nitrogen and oxygen atoms in total. The van der Waals surface area contributed by atoms with Gasteiger partial charge in [-0.15, -0.1) is 11.8 Å². The molecule has 1 unspecified atom stereocenters. The first-order valence-corrected chi connectivity index (χ1v) is 10.1. The smallest absolute Gasteiger partial charge is 0.275 e. The number of hydrogen-bond donors (Lipinski definition) is 0. The van der Waals surface area contributed by atoms with Crippen molar-refractivity contribution in [2.75, 3.05) is 15.6 Å². The number of rotatable bonds is 3. The molecule has 3 amide bonds. The van der Waals surface area contributed by atoms with Crippen molar-refractivity contribution in [1.29, 1.82) is 0 Å². The van der Waals surface area contributed by atoms with Gasteiger partial charge in [0.25, 0.3) is 5.91 Å². The van der Waals surface area contributed by atoms with E-state index >= 15 is 0 Å². The van der Waals surface area contributed by atoms with Crippen molar-refractivity contribution in [3.05, 3.63) is 59.7 Å². The van der Waals surface area contributed by atoms with Crippen LogP contribution in [0.15, 0.2) is 48.5 Å². The molecule has 6 heteroatoms. The summed E-state index contributed by atoms with van der Waals surface area (Å²) in [7, 11) is 0. The van der Waals surface area contributed by atoms with Crippen molar-refractivity contribution in [3.8, 4) is 0 Å². The van der Waals surface area contributed by atoms with Gasteiger partial charge < -0.3 is 0 Å². The molecule has 2 aromatic rings. The van der Waals surface area contributed by atoms with E-state index in [2.05, 4.69) is 6.92 Å². The summed E-state index contributed by atoms with van der Waals surface area (Å²) in [5, 5.41) is 0. The van der Waals surface area contributed by atoms with Crippen LogP contribution < -0.4 is 9.80 Å². The van der Waals surface area contributed by atoms with E-state index in [9.17, 15) is 14.4 Å². The molecule has 0 N–H and O–H groups in total. The second-order valence-electron chi connectivity index (χ2n) is 6.59. The van der Waals surface area contributed by atoms with Gasteiger partial charge in [-0.2, -0.15) is 0 Å². The van der Waals surface area contributed by atoms with Crippen molar-refractivity contribution in [3.63, 3.8) is 0 Å². The van der Waals surface area contributed by atoms with Crippen molar-refractivity contribution in [1.82, 2.24) is 0 Å². The Kier molecular flexibility index (Phi) is 4.30. The quantitative estimate of drug-likeness (QED) is 0.818. The third kappa shape index (κ3) is 2.43. The second kappa shape index (κ2) is 6.53. The Balaban J connectivity index is 1.90. The number of para-hydroxylation sites is 1. The van der Waals surface area contributed by atoms with E-state index in [0.29, 0.717) is 16.9 Å². The normalized spacial score (nSPS) is 21.3. The third-order valence-electron chi connectivity index (χ3n) is 5.13. The Bertz CT molecular complexity index is 941. The highest BCUT2D eigenvalue weighted by atomic mass is 32.2. The molecular weight excluding hydrogens is 360 g/mol. The van der Waals surface area contributed by atoms with Crippen LogP contribution in [-0.2, 0) is 25.7 Å². The van der Waals surface area contributed by atoms with Crippen LogP contribution in [0.4, 0.5) is 11.4 Å². The van der Waals surface area contributed by atoms with Gasteiger partial charge in [0.2, 0.25) is 16.7 Å². The van der Waals surface area contributed by atoms with Crippen molar-refractivity contribution in [2.24, 2.45) is 0 Å². The number of carbonyl (C=O) groups excluding carboxylic acids is 3. The number of hydrogen-bond acceptors (Lipinski definition) is 4. The fraction of sp³-hybridized carbons (Fsp3) is 0.286.